The zero-order valence-corrected chi connectivity index (χ0v) is 23.8. The van der Waals surface area contributed by atoms with E-state index in [2.05, 4.69) is 9.97 Å². The van der Waals surface area contributed by atoms with Crippen LogP contribution in [0.25, 0.3) is 55.7 Å². The fraction of sp³-hybridized carbons (Fsp3) is 0.121. The Morgan fingerprint density at radius 2 is 1.48 bits per heavy atom. The molecular formula is C33H25N2O6S-. The molecule has 1 aliphatic carbocycles. The summed E-state index contributed by atoms with van der Waals surface area (Å²) in [5.41, 5.74) is 2.99. The first kappa shape index (κ1) is 27.3. The Morgan fingerprint density at radius 3 is 2.07 bits per heavy atom. The first-order valence-electron chi connectivity index (χ1n) is 13.1. The minimum atomic E-state index is -4.95. The summed E-state index contributed by atoms with van der Waals surface area (Å²) >= 11 is 0. The van der Waals surface area contributed by atoms with Crippen LogP contribution in [-0.4, -0.2) is 28.0 Å². The average molecular weight is 578 g/mol. The van der Waals surface area contributed by atoms with E-state index in [4.69, 9.17) is 4.42 Å². The molecule has 0 spiro atoms. The average Bonchev–Trinajstić information content (AvgIpc) is 2.95. The van der Waals surface area contributed by atoms with Gasteiger partial charge in [0, 0.05) is 81.3 Å². The van der Waals surface area contributed by atoms with Gasteiger partial charge in [0.1, 0.15) is 27.2 Å². The van der Waals surface area contributed by atoms with Crippen LogP contribution >= 0.6 is 0 Å². The number of aromatic hydroxyl groups is 1. The summed E-state index contributed by atoms with van der Waals surface area (Å²) in [6.07, 6.45) is 6.36. The highest BCUT2D eigenvalue weighted by Gasteiger charge is 2.26. The van der Waals surface area contributed by atoms with Crippen molar-refractivity contribution in [3.8, 4) is 50.5 Å². The number of phenols is 1. The second-order valence-electron chi connectivity index (χ2n) is 11.1. The molecule has 210 valence electrons. The molecule has 0 saturated carbocycles. The Bertz CT molecular complexity index is 2120. The maximum Gasteiger partial charge on any atom is 0.190 e. The van der Waals surface area contributed by atoms with Crippen LogP contribution in [0.15, 0.2) is 106 Å². The number of aromatic nitrogens is 2. The molecule has 0 saturated heterocycles. The van der Waals surface area contributed by atoms with Crippen LogP contribution in [0.5, 0.6) is 5.75 Å². The molecule has 0 fully saturated rings. The zero-order chi connectivity index (χ0) is 29.8. The smallest absolute Gasteiger partial charge is 0.190 e. The summed E-state index contributed by atoms with van der Waals surface area (Å²) in [6, 6.07) is 17.8. The highest BCUT2D eigenvalue weighted by Crippen LogP contribution is 2.46. The van der Waals surface area contributed by atoms with Gasteiger partial charge in [-0.15, -0.1) is 0 Å². The summed E-state index contributed by atoms with van der Waals surface area (Å²) in [4.78, 5) is 21.1. The number of hydrogen-bond acceptors (Lipinski definition) is 8. The molecule has 1 N–H and O–H groups in total. The summed E-state index contributed by atoms with van der Waals surface area (Å²) in [7, 11) is -4.95. The van der Waals surface area contributed by atoms with Crippen molar-refractivity contribution in [2.45, 2.75) is 31.1 Å². The van der Waals surface area contributed by atoms with Gasteiger partial charge in [0.05, 0.1) is 4.90 Å². The molecule has 2 aromatic heterocycles. The van der Waals surface area contributed by atoms with Crippen molar-refractivity contribution in [3.05, 3.63) is 107 Å². The monoisotopic (exact) mass is 577 g/mol. The third kappa shape index (κ3) is 4.82. The van der Waals surface area contributed by atoms with E-state index in [1.165, 1.54) is 18.2 Å². The highest BCUT2D eigenvalue weighted by molar-refractivity contribution is 7.85. The number of pyridine rings is 2. The maximum atomic E-state index is 13.2. The van der Waals surface area contributed by atoms with Gasteiger partial charge in [0.25, 0.3) is 0 Å². The number of benzene rings is 3. The molecule has 1 aliphatic heterocycles. The van der Waals surface area contributed by atoms with Crippen molar-refractivity contribution in [1.82, 2.24) is 9.97 Å². The van der Waals surface area contributed by atoms with E-state index in [1.807, 2.05) is 20.8 Å². The Kier molecular flexibility index (Phi) is 6.44. The molecule has 2 aliphatic rings. The van der Waals surface area contributed by atoms with E-state index in [0.29, 0.717) is 44.3 Å². The normalized spacial score (nSPS) is 12.2. The molecule has 2 aromatic carbocycles. The van der Waals surface area contributed by atoms with Gasteiger partial charge in [0.15, 0.2) is 5.43 Å². The van der Waals surface area contributed by atoms with E-state index in [9.17, 15) is 22.9 Å². The van der Waals surface area contributed by atoms with Gasteiger partial charge in [-0.3, -0.25) is 14.8 Å². The van der Waals surface area contributed by atoms with Crippen LogP contribution in [0.4, 0.5) is 0 Å². The van der Waals surface area contributed by atoms with Crippen LogP contribution in [0.3, 0.4) is 0 Å². The topological polar surface area (TPSA) is 133 Å². The van der Waals surface area contributed by atoms with E-state index >= 15 is 0 Å². The highest BCUT2D eigenvalue weighted by atomic mass is 32.2. The van der Waals surface area contributed by atoms with E-state index in [-0.39, 0.29) is 28.1 Å². The summed E-state index contributed by atoms with van der Waals surface area (Å²) in [5.74, 6) is 0.0661. The summed E-state index contributed by atoms with van der Waals surface area (Å²) in [6.45, 7) is 5.77. The van der Waals surface area contributed by atoms with Crippen molar-refractivity contribution >= 4 is 21.1 Å². The predicted octanol–water partition coefficient (Wildman–Crippen LogP) is 6.60. The van der Waals surface area contributed by atoms with Gasteiger partial charge in [-0.2, -0.15) is 0 Å². The molecule has 0 radical (unpaired) electrons. The van der Waals surface area contributed by atoms with Gasteiger partial charge < -0.3 is 14.1 Å². The summed E-state index contributed by atoms with van der Waals surface area (Å²) in [5, 5.41) is 11.4. The van der Waals surface area contributed by atoms with Crippen LogP contribution in [-0.2, 0) is 15.5 Å². The van der Waals surface area contributed by atoms with Crippen LogP contribution in [0.1, 0.15) is 26.3 Å². The predicted molar refractivity (Wildman–Crippen MR) is 159 cm³/mol. The first-order valence-corrected chi connectivity index (χ1v) is 14.5. The van der Waals surface area contributed by atoms with Gasteiger partial charge in [-0.1, -0.05) is 45.0 Å². The van der Waals surface area contributed by atoms with E-state index in [0.717, 1.165) is 0 Å². The molecule has 0 bridgehead atoms. The lowest BCUT2D eigenvalue weighted by Gasteiger charge is -2.24. The molecule has 0 amide bonds. The number of hydrogen-bond donors (Lipinski definition) is 1. The molecule has 4 aromatic rings. The van der Waals surface area contributed by atoms with Crippen LogP contribution in [0.2, 0.25) is 0 Å². The SMILES string of the molecule is CC(C)(C)c1ccc(-c2c3cc(-c4cccnc4)c(=O)cc-3oc3cc(O)c(-c4cccnc4)cc23)c(S(=O)(=O)[O-])c1. The Hall–Kier alpha value is -4.86. The molecule has 8 nitrogen and oxygen atoms in total. The van der Waals surface area contributed by atoms with Gasteiger partial charge in [-0.25, -0.2) is 8.42 Å². The second kappa shape index (κ2) is 9.90. The van der Waals surface area contributed by atoms with Crippen molar-refractivity contribution < 1.29 is 22.5 Å². The second-order valence-corrected chi connectivity index (χ2v) is 12.4. The fourth-order valence-electron chi connectivity index (χ4n) is 5.15. The van der Waals surface area contributed by atoms with Crippen molar-refractivity contribution in [3.63, 3.8) is 0 Å². The van der Waals surface area contributed by atoms with Crippen molar-refractivity contribution in [2.75, 3.05) is 0 Å². The minimum absolute atomic E-state index is 0.0985. The number of phenolic OH excluding ortho intramolecular Hbond substituents is 1. The molecule has 6 rings (SSSR count). The summed E-state index contributed by atoms with van der Waals surface area (Å²) < 4.78 is 44.5. The lowest BCUT2D eigenvalue weighted by Crippen LogP contribution is -2.13. The molecular weight excluding hydrogens is 552 g/mol. The third-order valence-corrected chi connectivity index (χ3v) is 8.15. The van der Waals surface area contributed by atoms with Crippen molar-refractivity contribution in [1.29, 1.82) is 0 Å². The lowest BCUT2D eigenvalue weighted by molar-refractivity contribution is 0.462. The molecule has 0 atom stereocenters. The minimum Gasteiger partial charge on any atom is -0.744 e. The van der Waals surface area contributed by atoms with Gasteiger partial charge in [-0.05, 0) is 41.3 Å². The maximum absolute atomic E-state index is 13.2. The Balaban J connectivity index is 1.80. The standard InChI is InChI=1S/C33H26N2O6S/c1-33(2,3)21-8-9-22(31(12-21)42(38,39)40)32-25-13-23(19-6-4-10-34-17-19)27(36)15-29(25)41-30-16-28(37)24(14-26(30)32)20-7-5-11-35-18-20/h4-18,36H,1-3H3,(H,38,39,40)/p-1. The third-order valence-electron chi connectivity index (χ3n) is 7.27. The van der Waals surface area contributed by atoms with E-state index in [1.54, 1.807) is 73.3 Å². The zero-order valence-electron chi connectivity index (χ0n) is 23.0. The largest absolute Gasteiger partial charge is 0.744 e. The quantitative estimate of drug-likeness (QED) is 0.183. The number of rotatable bonds is 4. The van der Waals surface area contributed by atoms with Gasteiger partial charge in [0.2, 0.25) is 0 Å². The Morgan fingerprint density at radius 1 is 0.810 bits per heavy atom. The lowest BCUT2D eigenvalue weighted by atomic mass is 9.84. The van der Waals surface area contributed by atoms with Crippen LogP contribution < -0.4 is 5.43 Å². The number of nitrogens with zero attached hydrogens (tertiary/aromatic N) is 2. The molecule has 3 heterocycles. The van der Waals surface area contributed by atoms with Crippen LogP contribution in [0, 0.1) is 0 Å². The van der Waals surface area contributed by atoms with Crippen molar-refractivity contribution in [2.24, 2.45) is 0 Å². The van der Waals surface area contributed by atoms with Gasteiger partial charge >= 0.3 is 0 Å². The first-order chi connectivity index (χ1) is 19.9. The molecule has 0 unspecified atom stereocenters. The number of fused-ring (bicyclic) bond motifs is 2. The van der Waals surface area contributed by atoms with E-state index < -0.39 is 20.4 Å². The molecule has 9 heteroatoms. The molecule has 42 heavy (non-hydrogen) atoms. The Labute approximate surface area is 242 Å². The fourth-order valence-corrected chi connectivity index (χ4v) is 5.86.